The first-order chi connectivity index (χ1) is 9.63. The van der Waals surface area contributed by atoms with Crippen LogP contribution in [0.2, 0.25) is 10.2 Å². The fourth-order valence-electron chi connectivity index (χ4n) is 2.14. The van der Waals surface area contributed by atoms with Crippen LogP contribution in [0.25, 0.3) is 10.9 Å². The fraction of sp³-hybridized carbons (Fsp3) is 0.0625. The SMILES string of the molecule is Fc1ccc2nc(Cl)c(Cc3ccccc3Cl)cc2c1. The van der Waals surface area contributed by atoms with Gasteiger partial charge in [-0.3, -0.25) is 0 Å². The molecule has 2 aromatic carbocycles. The van der Waals surface area contributed by atoms with Crippen molar-refractivity contribution < 1.29 is 4.39 Å². The van der Waals surface area contributed by atoms with Crippen molar-refractivity contribution in [3.63, 3.8) is 0 Å². The summed E-state index contributed by atoms with van der Waals surface area (Å²) in [7, 11) is 0. The van der Waals surface area contributed by atoms with Gasteiger partial charge in [0.25, 0.3) is 0 Å². The predicted octanol–water partition coefficient (Wildman–Crippen LogP) is 5.27. The molecule has 4 heteroatoms. The largest absolute Gasteiger partial charge is 0.236 e. The van der Waals surface area contributed by atoms with E-state index in [2.05, 4.69) is 4.98 Å². The van der Waals surface area contributed by atoms with E-state index in [1.807, 2.05) is 30.3 Å². The lowest BCUT2D eigenvalue weighted by Gasteiger charge is -2.08. The van der Waals surface area contributed by atoms with Crippen LogP contribution < -0.4 is 0 Å². The summed E-state index contributed by atoms with van der Waals surface area (Å²) in [5, 5.41) is 1.84. The van der Waals surface area contributed by atoms with E-state index < -0.39 is 0 Å². The van der Waals surface area contributed by atoms with Crippen LogP contribution in [0.1, 0.15) is 11.1 Å². The van der Waals surface area contributed by atoms with Crippen molar-refractivity contribution in [3.05, 3.63) is 75.7 Å². The third kappa shape index (κ3) is 2.62. The highest BCUT2D eigenvalue weighted by molar-refractivity contribution is 6.32. The van der Waals surface area contributed by atoms with Gasteiger partial charge in [-0.2, -0.15) is 0 Å². The summed E-state index contributed by atoms with van der Waals surface area (Å²) in [6.45, 7) is 0. The van der Waals surface area contributed by atoms with Gasteiger partial charge in [-0.05, 0) is 41.5 Å². The standard InChI is InChI=1S/C16H10Cl2FN/c17-14-4-2-1-3-10(14)7-12-8-11-9-13(19)5-6-15(11)20-16(12)18/h1-6,8-9H,7H2. The van der Waals surface area contributed by atoms with E-state index >= 15 is 0 Å². The first kappa shape index (κ1) is 13.3. The molecule has 0 radical (unpaired) electrons. The molecule has 0 aliphatic rings. The van der Waals surface area contributed by atoms with Crippen LogP contribution in [0.4, 0.5) is 4.39 Å². The molecule has 0 spiro atoms. The van der Waals surface area contributed by atoms with Crippen LogP contribution in [0.5, 0.6) is 0 Å². The Morgan fingerprint density at radius 3 is 2.55 bits per heavy atom. The van der Waals surface area contributed by atoms with E-state index in [1.54, 1.807) is 6.07 Å². The van der Waals surface area contributed by atoms with Crippen molar-refractivity contribution in [1.29, 1.82) is 0 Å². The van der Waals surface area contributed by atoms with Crippen molar-refractivity contribution >= 4 is 34.1 Å². The number of rotatable bonds is 2. The topological polar surface area (TPSA) is 12.9 Å². The van der Waals surface area contributed by atoms with Crippen LogP contribution in [-0.4, -0.2) is 4.98 Å². The summed E-state index contributed by atoms with van der Waals surface area (Å²) >= 11 is 12.3. The Labute approximate surface area is 126 Å². The summed E-state index contributed by atoms with van der Waals surface area (Å²) < 4.78 is 13.3. The number of hydrogen-bond acceptors (Lipinski definition) is 1. The molecule has 1 nitrogen and oxygen atoms in total. The van der Waals surface area contributed by atoms with Crippen molar-refractivity contribution in [1.82, 2.24) is 4.98 Å². The first-order valence-corrected chi connectivity index (χ1v) is 6.87. The molecule has 0 atom stereocenters. The van der Waals surface area contributed by atoms with Gasteiger partial charge >= 0.3 is 0 Å². The second-order valence-corrected chi connectivity index (χ2v) is 5.31. The van der Waals surface area contributed by atoms with Crippen LogP contribution in [0.15, 0.2) is 48.5 Å². The molecule has 3 rings (SSSR count). The van der Waals surface area contributed by atoms with Crippen LogP contribution in [-0.2, 0) is 6.42 Å². The maximum atomic E-state index is 13.3. The number of aromatic nitrogens is 1. The minimum absolute atomic E-state index is 0.287. The van der Waals surface area contributed by atoms with Gasteiger partial charge in [0.15, 0.2) is 0 Å². The highest BCUT2D eigenvalue weighted by Gasteiger charge is 2.08. The number of benzene rings is 2. The van der Waals surface area contributed by atoms with E-state index in [0.29, 0.717) is 22.1 Å². The van der Waals surface area contributed by atoms with Gasteiger partial charge in [0.05, 0.1) is 5.52 Å². The molecular weight excluding hydrogens is 296 g/mol. The minimum Gasteiger partial charge on any atom is -0.236 e. The fourth-order valence-corrected chi connectivity index (χ4v) is 2.55. The number of nitrogens with zero attached hydrogens (tertiary/aromatic N) is 1. The van der Waals surface area contributed by atoms with E-state index in [9.17, 15) is 4.39 Å². The van der Waals surface area contributed by atoms with Gasteiger partial charge in [0, 0.05) is 16.8 Å². The number of halogens is 3. The molecule has 0 N–H and O–H groups in total. The van der Waals surface area contributed by atoms with Gasteiger partial charge < -0.3 is 0 Å². The average molecular weight is 306 g/mol. The van der Waals surface area contributed by atoms with E-state index in [0.717, 1.165) is 16.5 Å². The molecule has 20 heavy (non-hydrogen) atoms. The highest BCUT2D eigenvalue weighted by Crippen LogP contribution is 2.26. The van der Waals surface area contributed by atoms with Crippen LogP contribution in [0.3, 0.4) is 0 Å². The predicted molar refractivity (Wildman–Crippen MR) is 81.0 cm³/mol. The lowest BCUT2D eigenvalue weighted by molar-refractivity contribution is 0.629. The van der Waals surface area contributed by atoms with Gasteiger partial charge in [0.1, 0.15) is 11.0 Å². The Hall–Kier alpha value is -1.64. The molecule has 0 saturated heterocycles. The maximum absolute atomic E-state index is 13.3. The molecule has 0 saturated carbocycles. The zero-order chi connectivity index (χ0) is 14.1. The maximum Gasteiger partial charge on any atom is 0.133 e. The lowest BCUT2D eigenvalue weighted by atomic mass is 10.0. The molecule has 0 unspecified atom stereocenters. The zero-order valence-electron chi connectivity index (χ0n) is 10.4. The monoisotopic (exact) mass is 305 g/mol. The summed E-state index contributed by atoms with van der Waals surface area (Å²) in [5.74, 6) is -0.287. The van der Waals surface area contributed by atoms with Gasteiger partial charge in [-0.1, -0.05) is 41.4 Å². The number of pyridine rings is 1. The van der Waals surface area contributed by atoms with Crippen LogP contribution >= 0.6 is 23.2 Å². The third-order valence-corrected chi connectivity index (χ3v) is 3.84. The second-order valence-electron chi connectivity index (χ2n) is 4.54. The summed E-state index contributed by atoms with van der Waals surface area (Å²) in [6.07, 6.45) is 0.567. The normalized spacial score (nSPS) is 10.9. The molecule has 1 aromatic heterocycles. The molecule has 0 aliphatic heterocycles. The molecule has 100 valence electrons. The molecule has 0 fully saturated rings. The first-order valence-electron chi connectivity index (χ1n) is 6.11. The smallest absolute Gasteiger partial charge is 0.133 e. The minimum atomic E-state index is -0.287. The van der Waals surface area contributed by atoms with E-state index in [1.165, 1.54) is 12.1 Å². The Balaban J connectivity index is 2.07. The Morgan fingerprint density at radius 1 is 0.950 bits per heavy atom. The van der Waals surface area contributed by atoms with Gasteiger partial charge in [-0.25, -0.2) is 9.37 Å². The molecule has 1 heterocycles. The van der Waals surface area contributed by atoms with E-state index in [4.69, 9.17) is 23.2 Å². The summed E-state index contributed by atoms with van der Waals surface area (Å²) in [5.41, 5.74) is 2.48. The average Bonchev–Trinajstić information content (AvgIpc) is 2.42. The molecular formula is C16H10Cl2FN. The molecule has 0 aliphatic carbocycles. The number of hydrogen-bond donors (Lipinski definition) is 0. The lowest BCUT2D eigenvalue weighted by Crippen LogP contribution is -1.94. The molecule has 3 aromatic rings. The van der Waals surface area contributed by atoms with Gasteiger partial charge in [-0.15, -0.1) is 0 Å². The van der Waals surface area contributed by atoms with Crippen molar-refractivity contribution in [2.45, 2.75) is 6.42 Å². The quantitative estimate of drug-likeness (QED) is 0.588. The van der Waals surface area contributed by atoms with Crippen LogP contribution in [0, 0.1) is 5.82 Å². The van der Waals surface area contributed by atoms with E-state index in [-0.39, 0.29) is 5.82 Å². The Morgan fingerprint density at radius 2 is 1.75 bits per heavy atom. The second kappa shape index (κ2) is 5.39. The third-order valence-electron chi connectivity index (χ3n) is 3.14. The van der Waals surface area contributed by atoms with Crippen molar-refractivity contribution in [2.24, 2.45) is 0 Å². The zero-order valence-corrected chi connectivity index (χ0v) is 11.9. The summed E-state index contributed by atoms with van der Waals surface area (Å²) in [6, 6.07) is 13.9. The summed E-state index contributed by atoms with van der Waals surface area (Å²) in [4.78, 5) is 4.30. The Kier molecular flexibility index (Phi) is 3.60. The Bertz CT molecular complexity index is 787. The van der Waals surface area contributed by atoms with Crippen molar-refractivity contribution in [2.75, 3.05) is 0 Å². The van der Waals surface area contributed by atoms with Crippen molar-refractivity contribution in [3.8, 4) is 0 Å². The highest BCUT2D eigenvalue weighted by atomic mass is 35.5. The number of fused-ring (bicyclic) bond motifs is 1. The molecule has 0 amide bonds. The van der Waals surface area contributed by atoms with Gasteiger partial charge in [0.2, 0.25) is 0 Å². The molecule has 0 bridgehead atoms.